The molecule has 0 fully saturated rings. The molecule has 16 heavy (non-hydrogen) atoms. The molecule has 2 N–H and O–H groups in total. The molecular weight excluding hydrogens is 212 g/mol. The molecule has 2 aromatic rings. The van der Waals surface area contributed by atoms with E-state index >= 15 is 0 Å². The molecule has 0 aliphatic rings. The number of nitrogens with zero attached hydrogens (tertiary/aromatic N) is 2. The smallest absolute Gasteiger partial charge is 0.263 e. The molecule has 0 amide bonds. The Kier molecular flexibility index (Phi) is 2.76. The fourth-order valence-corrected chi connectivity index (χ4v) is 1.39. The first-order valence-corrected chi connectivity index (χ1v) is 4.63. The molecule has 1 aromatic heterocycles. The van der Waals surface area contributed by atoms with Crippen molar-refractivity contribution in [1.82, 2.24) is 9.97 Å². The number of aromatic nitrogens is 2. The zero-order chi connectivity index (χ0) is 11.5. The third-order valence-electron chi connectivity index (χ3n) is 2.14. The minimum atomic E-state index is -2.50. The fourth-order valence-electron chi connectivity index (χ4n) is 1.39. The molecular formula is C11H9F2N3. The van der Waals surface area contributed by atoms with Gasteiger partial charge in [-0.3, -0.25) is 4.98 Å². The number of alkyl halides is 2. The number of nitrogens with two attached hydrogens (primary N) is 1. The molecule has 82 valence electrons. The normalized spacial score (nSPS) is 10.7. The summed E-state index contributed by atoms with van der Waals surface area (Å²) >= 11 is 0. The molecule has 2 rings (SSSR count). The van der Waals surface area contributed by atoms with Crippen LogP contribution in [0.4, 0.5) is 14.6 Å². The van der Waals surface area contributed by atoms with Crippen LogP contribution in [0.1, 0.15) is 12.0 Å². The Morgan fingerprint density at radius 1 is 1.12 bits per heavy atom. The number of nitrogen functional groups attached to an aromatic ring is 1. The molecule has 0 aliphatic carbocycles. The van der Waals surface area contributed by atoms with Crippen molar-refractivity contribution in [2.24, 2.45) is 0 Å². The number of anilines is 1. The Morgan fingerprint density at radius 3 is 2.56 bits per heavy atom. The topological polar surface area (TPSA) is 51.8 Å². The Hall–Kier alpha value is -2.04. The molecule has 0 unspecified atom stereocenters. The maximum absolute atomic E-state index is 12.5. The van der Waals surface area contributed by atoms with Crippen molar-refractivity contribution in [1.29, 1.82) is 0 Å². The van der Waals surface area contributed by atoms with E-state index in [9.17, 15) is 8.78 Å². The first-order valence-electron chi connectivity index (χ1n) is 4.63. The summed E-state index contributed by atoms with van der Waals surface area (Å²) in [5.74, 6) is 0.230. The summed E-state index contributed by atoms with van der Waals surface area (Å²) in [6.07, 6.45) is 0.425. The third-order valence-corrected chi connectivity index (χ3v) is 2.14. The third kappa shape index (κ3) is 1.98. The van der Waals surface area contributed by atoms with Gasteiger partial charge in [0.2, 0.25) is 0 Å². The van der Waals surface area contributed by atoms with Crippen molar-refractivity contribution in [3.63, 3.8) is 0 Å². The molecule has 0 radical (unpaired) electrons. The standard InChI is InChI=1S/C11H9F2N3/c12-10(13)8-3-1-2-7(6-8)9-11(14)16-5-4-15-9/h1-6,10H,(H2,14,16). The van der Waals surface area contributed by atoms with Crippen LogP contribution in [0, 0.1) is 0 Å². The monoisotopic (exact) mass is 221 g/mol. The van der Waals surface area contributed by atoms with Gasteiger partial charge in [-0.25, -0.2) is 13.8 Å². The zero-order valence-electron chi connectivity index (χ0n) is 8.27. The number of hydrogen-bond donors (Lipinski definition) is 1. The highest BCUT2D eigenvalue weighted by Crippen LogP contribution is 2.26. The van der Waals surface area contributed by atoms with Crippen molar-refractivity contribution in [3.8, 4) is 11.3 Å². The number of halogens is 2. The largest absolute Gasteiger partial charge is 0.382 e. The van der Waals surface area contributed by atoms with Gasteiger partial charge in [0.25, 0.3) is 6.43 Å². The lowest BCUT2D eigenvalue weighted by atomic mass is 10.1. The first kappa shape index (κ1) is 10.5. The van der Waals surface area contributed by atoms with Crippen molar-refractivity contribution < 1.29 is 8.78 Å². The molecule has 1 heterocycles. The second-order valence-electron chi connectivity index (χ2n) is 3.22. The molecule has 0 saturated carbocycles. The molecule has 3 nitrogen and oxygen atoms in total. The van der Waals surface area contributed by atoms with Crippen LogP contribution in [-0.4, -0.2) is 9.97 Å². The van der Waals surface area contributed by atoms with Crippen molar-refractivity contribution in [2.45, 2.75) is 6.43 Å². The Morgan fingerprint density at radius 2 is 1.88 bits per heavy atom. The van der Waals surface area contributed by atoms with Crippen LogP contribution in [0.15, 0.2) is 36.7 Å². The Labute approximate surface area is 91.0 Å². The fraction of sp³-hybridized carbons (Fsp3) is 0.0909. The lowest BCUT2D eigenvalue weighted by Crippen LogP contribution is -1.96. The highest BCUT2D eigenvalue weighted by atomic mass is 19.3. The molecule has 5 heteroatoms. The predicted octanol–water partition coefficient (Wildman–Crippen LogP) is 2.66. The summed E-state index contributed by atoms with van der Waals surface area (Å²) < 4.78 is 25.0. The van der Waals surface area contributed by atoms with E-state index in [1.54, 1.807) is 12.1 Å². The molecule has 0 bridgehead atoms. The SMILES string of the molecule is Nc1nccnc1-c1cccc(C(F)F)c1. The van der Waals surface area contributed by atoms with Gasteiger partial charge < -0.3 is 5.73 Å². The van der Waals surface area contributed by atoms with E-state index in [1.165, 1.54) is 24.5 Å². The molecule has 0 aliphatic heterocycles. The summed E-state index contributed by atoms with van der Waals surface area (Å²) in [4.78, 5) is 7.87. The van der Waals surface area contributed by atoms with Crippen LogP contribution in [0.2, 0.25) is 0 Å². The van der Waals surface area contributed by atoms with Crippen molar-refractivity contribution >= 4 is 5.82 Å². The molecule has 0 atom stereocenters. The summed E-state index contributed by atoms with van der Waals surface area (Å²) in [5.41, 5.74) is 6.53. The van der Waals surface area contributed by atoms with Gasteiger partial charge >= 0.3 is 0 Å². The van der Waals surface area contributed by atoms with Crippen LogP contribution >= 0.6 is 0 Å². The molecule has 0 spiro atoms. The van der Waals surface area contributed by atoms with Gasteiger partial charge in [0, 0.05) is 23.5 Å². The second kappa shape index (κ2) is 4.22. The summed E-state index contributed by atoms with van der Waals surface area (Å²) in [5, 5.41) is 0. The van der Waals surface area contributed by atoms with E-state index < -0.39 is 6.43 Å². The summed E-state index contributed by atoms with van der Waals surface area (Å²) in [6, 6.07) is 5.95. The van der Waals surface area contributed by atoms with E-state index in [2.05, 4.69) is 9.97 Å². The highest BCUT2D eigenvalue weighted by molar-refractivity contribution is 5.69. The van der Waals surface area contributed by atoms with Gasteiger partial charge in [-0.1, -0.05) is 18.2 Å². The Balaban J connectivity index is 2.49. The van der Waals surface area contributed by atoms with Gasteiger partial charge in [-0.05, 0) is 6.07 Å². The number of benzene rings is 1. The van der Waals surface area contributed by atoms with Crippen LogP contribution in [-0.2, 0) is 0 Å². The zero-order valence-corrected chi connectivity index (χ0v) is 8.27. The minimum absolute atomic E-state index is 0.0532. The van der Waals surface area contributed by atoms with Crippen LogP contribution in [0.25, 0.3) is 11.3 Å². The molecule has 1 aromatic carbocycles. The van der Waals surface area contributed by atoms with Gasteiger partial charge in [-0.15, -0.1) is 0 Å². The maximum Gasteiger partial charge on any atom is 0.263 e. The second-order valence-corrected chi connectivity index (χ2v) is 3.22. The highest BCUT2D eigenvalue weighted by Gasteiger charge is 2.10. The quantitative estimate of drug-likeness (QED) is 0.848. The van der Waals surface area contributed by atoms with Crippen LogP contribution < -0.4 is 5.73 Å². The van der Waals surface area contributed by atoms with Crippen molar-refractivity contribution in [3.05, 3.63) is 42.2 Å². The van der Waals surface area contributed by atoms with Gasteiger partial charge in [-0.2, -0.15) is 0 Å². The van der Waals surface area contributed by atoms with E-state index in [0.717, 1.165) is 0 Å². The van der Waals surface area contributed by atoms with Gasteiger partial charge in [0.1, 0.15) is 11.5 Å². The van der Waals surface area contributed by atoms with E-state index in [4.69, 9.17) is 5.73 Å². The van der Waals surface area contributed by atoms with Crippen molar-refractivity contribution in [2.75, 3.05) is 5.73 Å². The van der Waals surface area contributed by atoms with Crippen LogP contribution in [0.5, 0.6) is 0 Å². The van der Waals surface area contributed by atoms with Crippen LogP contribution in [0.3, 0.4) is 0 Å². The maximum atomic E-state index is 12.5. The van der Waals surface area contributed by atoms with E-state index in [-0.39, 0.29) is 11.4 Å². The average molecular weight is 221 g/mol. The first-order chi connectivity index (χ1) is 7.68. The minimum Gasteiger partial charge on any atom is -0.382 e. The predicted molar refractivity (Wildman–Crippen MR) is 56.8 cm³/mol. The van der Waals surface area contributed by atoms with Gasteiger partial charge in [0.05, 0.1) is 0 Å². The number of hydrogen-bond acceptors (Lipinski definition) is 3. The average Bonchev–Trinajstić information content (AvgIpc) is 2.30. The lowest BCUT2D eigenvalue weighted by molar-refractivity contribution is 0.151. The van der Waals surface area contributed by atoms with E-state index in [0.29, 0.717) is 11.3 Å². The Bertz CT molecular complexity index is 500. The lowest BCUT2D eigenvalue weighted by Gasteiger charge is -2.05. The number of rotatable bonds is 2. The molecule has 0 saturated heterocycles. The van der Waals surface area contributed by atoms with E-state index in [1.807, 2.05) is 0 Å². The summed E-state index contributed by atoms with van der Waals surface area (Å²) in [6.45, 7) is 0. The van der Waals surface area contributed by atoms with Gasteiger partial charge in [0.15, 0.2) is 0 Å². The summed E-state index contributed by atoms with van der Waals surface area (Å²) in [7, 11) is 0.